The minimum Gasteiger partial charge on any atom is -0.306 e. The van der Waals surface area contributed by atoms with E-state index in [9.17, 15) is 4.79 Å². The monoisotopic (exact) mass is 179 g/mol. The van der Waals surface area contributed by atoms with E-state index in [1.165, 1.54) is 0 Å². The summed E-state index contributed by atoms with van der Waals surface area (Å²) in [6.07, 6.45) is 0. The molecule has 1 aromatic heterocycles. The lowest BCUT2D eigenvalue weighted by Crippen LogP contribution is -1.99. The third-order valence-corrected chi connectivity index (χ3v) is 1.83. The van der Waals surface area contributed by atoms with Gasteiger partial charge in [-0.25, -0.2) is 10.7 Å². The van der Waals surface area contributed by atoms with Gasteiger partial charge in [-0.3, -0.25) is 4.84 Å². The summed E-state index contributed by atoms with van der Waals surface area (Å²) in [6.45, 7) is 0.336. The summed E-state index contributed by atoms with van der Waals surface area (Å²) in [5, 5.41) is 0. The number of imidazole rings is 1. The van der Waals surface area contributed by atoms with Crippen molar-refractivity contribution in [3.05, 3.63) is 34.2 Å². The number of aromatic amines is 2. The van der Waals surface area contributed by atoms with Crippen LogP contribution in [0.1, 0.15) is 5.56 Å². The lowest BCUT2D eigenvalue weighted by Gasteiger charge is -1.97. The van der Waals surface area contributed by atoms with Crippen LogP contribution in [-0.2, 0) is 11.4 Å². The van der Waals surface area contributed by atoms with Crippen molar-refractivity contribution in [1.82, 2.24) is 9.97 Å². The van der Waals surface area contributed by atoms with Crippen LogP contribution in [-0.4, -0.2) is 9.97 Å². The molecule has 0 aliphatic carbocycles. The Morgan fingerprint density at radius 1 is 1.31 bits per heavy atom. The van der Waals surface area contributed by atoms with E-state index >= 15 is 0 Å². The fraction of sp³-hybridized carbons (Fsp3) is 0.125. The lowest BCUT2D eigenvalue weighted by molar-refractivity contribution is 0.124. The normalized spacial score (nSPS) is 10.8. The summed E-state index contributed by atoms with van der Waals surface area (Å²) in [7, 11) is 0. The maximum atomic E-state index is 10.9. The number of fused-ring (bicyclic) bond motifs is 1. The van der Waals surface area contributed by atoms with Crippen molar-refractivity contribution in [2.24, 2.45) is 5.90 Å². The average Bonchev–Trinajstić information content (AvgIpc) is 2.44. The Kier molecular flexibility index (Phi) is 1.88. The predicted molar refractivity (Wildman–Crippen MR) is 47.9 cm³/mol. The van der Waals surface area contributed by atoms with Crippen LogP contribution in [0.25, 0.3) is 11.0 Å². The van der Waals surface area contributed by atoms with Crippen LogP contribution in [0.15, 0.2) is 23.0 Å². The minimum atomic E-state index is -0.208. The fourth-order valence-corrected chi connectivity index (χ4v) is 1.27. The minimum absolute atomic E-state index is 0.208. The second kappa shape index (κ2) is 3.04. The van der Waals surface area contributed by atoms with Crippen molar-refractivity contribution in [2.75, 3.05) is 0 Å². The number of hydrogen-bond donors (Lipinski definition) is 3. The molecule has 1 aromatic carbocycles. The summed E-state index contributed by atoms with van der Waals surface area (Å²) in [5.41, 5.74) is 2.26. The predicted octanol–water partition coefficient (Wildman–Crippen LogP) is 0.246. The Morgan fingerprint density at radius 2 is 2.08 bits per heavy atom. The highest BCUT2D eigenvalue weighted by atomic mass is 16.6. The van der Waals surface area contributed by atoms with Crippen molar-refractivity contribution >= 4 is 11.0 Å². The zero-order valence-electron chi connectivity index (χ0n) is 6.83. The molecule has 13 heavy (non-hydrogen) atoms. The molecule has 0 atom stereocenters. The van der Waals surface area contributed by atoms with E-state index in [2.05, 4.69) is 14.8 Å². The van der Waals surface area contributed by atoms with Gasteiger partial charge in [0.1, 0.15) is 0 Å². The molecule has 2 aromatic rings. The van der Waals surface area contributed by atoms with Crippen LogP contribution in [0, 0.1) is 0 Å². The SMILES string of the molecule is NOCc1ccc2[nH]c(=O)[nH]c2c1. The van der Waals surface area contributed by atoms with E-state index in [1.807, 2.05) is 18.2 Å². The molecule has 0 aliphatic heterocycles. The van der Waals surface area contributed by atoms with Gasteiger partial charge in [-0.15, -0.1) is 0 Å². The molecule has 4 N–H and O–H groups in total. The molecule has 0 saturated carbocycles. The van der Waals surface area contributed by atoms with Crippen molar-refractivity contribution in [3.63, 3.8) is 0 Å². The summed E-state index contributed by atoms with van der Waals surface area (Å²) >= 11 is 0. The molecule has 2 rings (SSSR count). The van der Waals surface area contributed by atoms with E-state index < -0.39 is 0 Å². The zero-order valence-corrected chi connectivity index (χ0v) is 6.83. The number of nitrogens with two attached hydrogens (primary N) is 1. The van der Waals surface area contributed by atoms with Crippen molar-refractivity contribution in [1.29, 1.82) is 0 Å². The third-order valence-electron chi connectivity index (χ3n) is 1.83. The Balaban J connectivity index is 2.54. The first-order valence-electron chi connectivity index (χ1n) is 3.82. The van der Waals surface area contributed by atoms with Crippen LogP contribution in [0.4, 0.5) is 0 Å². The number of benzene rings is 1. The molecule has 0 saturated heterocycles. The maximum absolute atomic E-state index is 10.9. The molecule has 0 aliphatic rings. The number of rotatable bonds is 2. The first-order chi connectivity index (χ1) is 6.29. The summed E-state index contributed by atoms with van der Waals surface area (Å²) in [5.74, 6) is 4.93. The quantitative estimate of drug-likeness (QED) is 0.577. The molecule has 0 unspecified atom stereocenters. The highest BCUT2D eigenvalue weighted by Gasteiger charge is 1.98. The van der Waals surface area contributed by atoms with Gasteiger partial charge < -0.3 is 9.97 Å². The van der Waals surface area contributed by atoms with Crippen molar-refractivity contribution < 1.29 is 4.84 Å². The molecule has 0 fully saturated rings. The van der Waals surface area contributed by atoms with Crippen LogP contribution in [0.2, 0.25) is 0 Å². The Hall–Kier alpha value is -1.59. The number of aromatic nitrogens is 2. The van der Waals surface area contributed by atoms with E-state index in [0.29, 0.717) is 6.61 Å². The molecule has 0 spiro atoms. The first-order valence-corrected chi connectivity index (χ1v) is 3.82. The largest absolute Gasteiger partial charge is 0.323 e. The van der Waals surface area contributed by atoms with Crippen LogP contribution in [0.3, 0.4) is 0 Å². The molecule has 5 nitrogen and oxygen atoms in total. The van der Waals surface area contributed by atoms with Gasteiger partial charge in [-0.1, -0.05) is 6.07 Å². The maximum Gasteiger partial charge on any atom is 0.323 e. The van der Waals surface area contributed by atoms with Gasteiger partial charge in [0.15, 0.2) is 0 Å². The Labute approximate surface area is 73.5 Å². The standard InChI is InChI=1S/C8H9N3O2/c9-13-4-5-1-2-6-7(3-5)11-8(12)10-6/h1-3H,4,9H2,(H2,10,11,12). The van der Waals surface area contributed by atoms with E-state index in [4.69, 9.17) is 5.90 Å². The van der Waals surface area contributed by atoms with E-state index in [1.54, 1.807) is 0 Å². The second-order valence-electron chi connectivity index (χ2n) is 2.77. The lowest BCUT2D eigenvalue weighted by atomic mass is 10.2. The van der Waals surface area contributed by atoms with Crippen LogP contribution < -0.4 is 11.6 Å². The molecule has 1 heterocycles. The molecular weight excluding hydrogens is 170 g/mol. The van der Waals surface area contributed by atoms with Crippen LogP contribution in [0.5, 0.6) is 0 Å². The summed E-state index contributed by atoms with van der Waals surface area (Å²) in [6, 6.07) is 5.47. The average molecular weight is 179 g/mol. The van der Waals surface area contributed by atoms with Gasteiger partial charge in [0.05, 0.1) is 17.6 Å². The van der Waals surface area contributed by atoms with Crippen molar-refractivity contribution in [3.8, 4) is 0 Å². The van der Waals surface area contributed by atoms with Gasteiger partial charge in [-0.2, -0.15) is 0 Å². The molecular formula is C8H9N3O2. The fourth-order valence-electron chi connectivity index (χ4n) is 1.27. The number of hydrogen-bond acceptors (Lipinski definition) is 3. The van der Waals surface area contributed by atoms with Gasteiger partial charge in [0, 0.05) is 0 Å². The number of H-pyrrole nitrogens is 2. The molecule has 0 bridgehead atoms. The second-order valence-corrected chi connectivity index (χ2v) is 2.77. The highest BCUT2D eigenvalue weighted by molar-refractivity contribution is 5.74. The molecule has 0 radical (unpaired) electrons. The van der Waals surface area contributed by atoms with E-state index in [-0.39, 0.29) is 5.69 Å². The Morgan fingerprint density at radius 3 is 2.85 bits per heavy atom. The zero-order chi connectivity index (χ0) is 9.26. The molecule has 68 valence electrons. The first kappa shape index (κ1) is 8.03. The number of nitrogens with one attached hydrogen (secondary N) is 2. The van der Waals surface area contributed by atoms with Gasteiger partial charge in [0.25, 0.3) is 0 Å². The van der Waals surface area contributed by atoms with E-state index in [0.717, 1.165) is 16.6 Å². The Bertz CT molecular complexity index is 471. The summed E-state index contributed by atoms with van der Waals surface area (Å²) in [4.78, 5) is 20.7. The molecule has 5 heteroatoms. The summed E-state index contributed by atoms with van der Waals surface area (Å²) < 4.78 is 0. The topological polar surface area (TPSA) is 83.9 Å². The molecule has 0 amide bonds. The third kappa shape index (κ3) is 1.47. The van der Waals surface area contributed by atoms with Crippen molar-refractivity contribution in [2.45, 2.75) is 6.61 Å². The highest BCUT2D eigenvalue weighted by Crippen LogP contribution is 2.10. The van der Waals surface area contributed by atoms with Crippen LogP contribution >= 0.6 is 0 Å². The van der Waals surface area contributed by atoms with Gasteiger partial charge in [0.2, 0.25) is 0 Å². The van der Waals surface area contributed by atoms with Gasteiger partial charge in [-0.05, 0) is 17.7 Å². The smallest absolute Gasteiger partial charge is 0.306 e. The van der Waals surface area contributed by atoms with Gasteiger partial charge >= 0.3 is 5.69 Å².